The molecule has 0 fully saturated rings. The molecular weight excluding hydrogens is 425 g/mol. The zero-order valence-corrected chi connectivity index (χ0v) is 16.7. The number of halogens is 2. The predicted octanol–water partition coefficient (Wildman–Crippen LogP) is 2.94. The third-order valence-electron chi connectivity index (χ3n) is 3.39. The third-order valence-corrected chi connectivity index (χ3v) is 3.76. The summed E-state index contributed by atoms with van der Waals surface area (Å²) in [5.74, 6) is 0.851. The number of hydrogen-bond acceptors (Lipinski definition) is 2. The van der Waals surface area contributed by atoms with Crippen molar-refractivity contribution in [2.24, 2.45) is 12.0 Å². The summed E-state index contributed by atoms with van der Waals surface area (Å²) in [5, 5.41) is 8.31. The Hall–Kier alpha value is -1.28. The number of guanidine groups is 1. The van der Waals surface area contributed by atoms with E-state index in [0.29, 0.717) is 6.54 Å². The molecule has 0 atom stereocenters. The molecule has 0 unspecified atom stereocenters. The second-order valence-electron chi connectivity index (χ2n) is 5.19. The number of aryl methyl sites for hydroxylation is 1. The fraction of sp³-hybridized carbons (Fsp3) is 0.375. The quantitative estimate of drug-likeness (QED) is 0.435. The van der Waals surface area contributed by atoms with Crippen LogP contribution < -0.4 is 5.32 Å². The van der Waals surface area contributed by atoms with Crippen molar-refractivity contribution in [2.45, 2.75) is 13.0 Å². The van der Waals surface area contributed by atoms with Crippen molar-refractivity contribution in [3.05, 3.63) is 52.8 Å². The van der Waals surface area contributed by atoms with E-state index in [4.69, 9.17) is 11.6 Å². The van der Waals surface area contributed by atoms with Gasteiger partial charge >= 0.3 is 0 Å². The van der Waals surface area contributed by atoms with Crippen LogP contribution in [0.3, 0.4) is 0 Å². The Kier molecular flexibility index (Phi) is 8.40. The van der Waals surface area contributed by atoms with E-state index in [1.165, 1.54) is 5.56 Å². The lowest BCUT2D eigenvalue weighted by Gasteiger charge is -2.22. The predicted molar refractivity (Wildman–Crippen MR) is 107 cm³/mol. The lowest BCUT2D eigenvalue weighted by molar-refractivity contribution is 0.477. The second-order valence-corrected chi connectivity index (χ2v) is 5.60. The number of nitrogens with one attached hydrogen (secondary N) is 1. The van der Waals surface area contributed by atoms with Crippen molar-refractivity contribution in [1.29, 1.82) is 0 Å². The molecule has 0 saturated heterocycles. The standard InChI is InChI=1S/C16H22ClN5.HI/c1-18-16(19-9-8-13-10-20-22(3)11-13)21(2)12-14-6-4-5-7-15(14)17;/h4-7,10-11H,8-9,12H2,1-3H3,(H,18,19);1H. The van der Waals surface area contributed by atoms with Crippen LogP contribution in [0.25, 0.3) is 0 Å². The molecule has 126 valence electrons. The van der Waals surface area contributed by atoms with Crippen molar-refractivity contribution in [2.75, 3.05) is 20.6 Å². The van der Waals surface area contributed by atoms with Gasteiger partial charge in [0.1, 0.15) is 0 Å². The lowest BCUT2D eigenvalue weighted by Crippen LogP contribution is -2.39. The average molecular weight is 448 g/mol. The topological polar surface area (TPSA) is 45.5 Å². The Morgan fingerprint density at radius 2 is 2.13 bits per heavy atom. The van der Waals surface area contributed by atoms with E-state index in [-0.39, 0.29) is 24.0 Å². The van der Waals surface area contributed by atoms with Gasteiger partial charge < -0.3 is 10.2 Å². The minimum Gasteiger partial charge on any atom is -0.356 e. The maximum absolute atomic E-state index is 6.21. The Morgan fingerprint density at radius 1 is 1.39 bits per heavy atom. The lowest BCUT2D eigenvalue weighted by atomic mass is 10.2. The molecule has 1 aromatic carbocycles. The summed E-state index contributed by atoms with van der Waals surface area (Å²) in [5.41, 5.74) is 2.29. The number of hydrogen-bond donors (Lipinski definition) is 1. The van der Waals surface area contributed by atoms with Gasteiger partial charge in [-0.1, -0.05) is 29.8 Å². The van der Waals surface area contributed by atoms with Gasteiger partial charge in [0.05, 0.1) is 6.20 Å². The first kappa shape index (κ1) is 19.8. The van der Waals surface area contributed by atoms with Crippen LogP contribution in [0.2, 0.25) is 5.02 Å². The first-order valence-electron chi connectivity index (χ1n) is 7.23. The molecule has 0 spiro atoms. The molecule has 0 aliphatic heterocycles. The zero-order chi connectivity index (χ0) is 15.9. The summed E-state index contributed by atoms with van der Waals surface area (Å²) in [7, 11) is 5.71. The Balaban J connectivity index is 0.00000264. The Morgan fingerprint density at radius 3 is 2.74 bits per heavy atom. The number of benzene rings is 1. The summed E-state index contributed by atoms with van der Waals surface area (Å²) in [6.45, 7) is 1.53. The molecule has 0 radical (unpaired) electrons. The largest absolute Gasteiger partial charge is 0.356 e. The van der Waals surface area contributed by atoms with Crippen LogP contribution in [0.4, 0.5) is 0 Å². The highest BCUT2D eigenvalue weighted by Gasteiger charge is 2.08. The fourth-order valence-corrected chi connectivity index (χ4v) is 2.46. The molecule has 0 bridgehead atoms. The van der Waals surface area contributed by atoms with Crippen LogP contribution in [-0.4, -0.2) is 41.3 Å². The van der Waals surface area contributed by atoms with Crippen LogP contribution in [0, 0.1) is 0 Å². The van der Waals surface area contributed by atoms with E-state index >= 15 is 0 Å². The highest BCUT2D eigenvalue weighted by atomic mass is 127. The molecule has 2 aromatic rings. The molecule has 0 amide bonds. The normalized spacial score (nSPS) is 11.0. The van der Waals surface area contributed by atoms with E-state index < -0.39 is 0 Å². The van der Waals surface area contributed by atoms with Crippen molar-refractivity contribution in [3.63, 3.8) is 0 Å². The molecule has 0 aliphatic carbocycles. The first-order valence-corrected chi connectivity index (χ1v) is 7.60. The molecule has 23 heavy (non-hydrogen) atoms. The molecule has 7 heteroatoms. The molecule has 5 nitrogen and oxygen atoms in total. The molecule has 2 rings (SSSR count). The Labute approximate surface area is 159 Å². The molecular formula is C16H23ClIN5. The van der Waals surface area contributed by atoms with Crippen molar-refractivity contribution < 1.29 is 0 Å². The van der Waals surface area contributed by atoms with Gasteiger partial charge in [0, 0.05) is 45.5 Å². The maximum Gasteiger partial charge on any atom is 0.193 e. The van der Waals surface area contributed by atoms with Gasteiger partial charge in [-0.3, -0.25) is 9.67 Å². The van der Waals surface area contributed by atoms with Gasteiger partial charge in [-0.15, -0.1) is 24.0 Å². The van der Waals surface area contributed by atoms with E-state index in [9.17, 15) is 0 Å². The smallest absolute Gasteiger partial charge is 0.193 e. The summed E-state index contributed by atoms with van der Waals surface area (Å²) in [6, 6.07) is 7.87. The van der Waals surface area contributed by atoms with Gasteiger partial charge in [-0.2, -0.15) is 5.10 Å². The summed E-state index contributed by atoms with van der Waals surface area (Å²) in [6.07, 6.45) is 4.82. The minimum absolute atomic E-state index is 0. The van der Waals surface area contributed by atoms with E-state index in [0.717, 1.165) is 29.5 Å². The molecule has 1 N–H and O–H groups in total. The number of nitrogens with zero attached hydrogens (tertiary/aromatic N) is 4. The minimum atomic E-state index is 0. The fourth-order valence-electron chi connectivity index (χ4n) is 2.26. The zero-order valence-electron chi connectivity index (χ0n) is 13.7. The van der Waals surface area contributed by atoms with Crippen LogP contribution in [0.5, 0.6) is 0 Å². The summed E-state index contributed by atoms with van der Waals surface area (Å²) < 4.78 is 1.81. The maximum atomic E-state index is 6.21. The highest BCUT2D eigenvalue weighted by molar-refractivity contribution is 14.0. The molecule has 1 heterocycles. The van der Waals surface area contributed by atoms with Crippen LogP contribution >= 0.6 is 35.6 Å². The van der Waals surface area contributed by atoms with E-state index in [1.807, 2.05) is 55.4 Å². The van der Waals surface area contributed by atoms with Gasteiger partial charge in [-0.05, 0) is 23.6 Å². The molecule has 1 aromatic heterocycles. The summed E-state index contributed by atoms with van der Waals surface area (Å²) >= 11 is 6.21. The first-order chi connectivity index (χ1) is 10.6. The summed E-state index contributed by atoms with van der Waals surface area (Å²) in [4.78, 5) is 6.38. The van der Waals surface area contributed by atoms with Crippen LogP contribution in [0.15, 0.2) is 41.7 Å². The monoisotopic (exact) mass is 447 g/mol. The average Bonchev–Trinajstić information content (AvgIpc) is 2.91. The SMILES string of the molecule is CN=C(NCCc1cnn(C)c1)N(C)Cc1ccccc1Cl.I. The number of aromatic nitrogens is 2. The van der Waals surface area contributed by atoms with E-state index in [1.54, 1.807) is 7.05 Å². The van der Waals surface area contributed by atoms with E-state index in [2.05, 4.69) is 20.3 Å². The van der Waals surface area contributed by atoms with Crippen molar-refractivity contribution in [3.8, 4) is 0 Å². The molecule has 0 aliphatic rings. The third kappa shape index (κ3) is 6.02. The van der Waals surface area contributed by atoms with Crippen molar-refractivity contribution >= 4 is 41.5 Å². The van der Waals surface area contributed by atoms with Gasteiger partial charge in [0.2, 0.25) is 0 Å². The van der Waals surface area contributed by atoms with Gasteiger partial charge in [0.25, 0.3) is 0 Å². The number of aliphatic imine (C=N–C) groups is 1. The second kappa shape index (κ2) is 9.77. The van der Waals surface area contributed by atoms with Crippen molar-refractivity contribution in [1.82, 2.24) is 20.0 Å². The van der Waals surface area contributed by atoms with Crippen LogP contribution in [-0.2, 0) is 20.0 Å². The van der Waals surface area contributed by atoms with Crippen LogP contribution in [0.1, 0.15) is 11.1 Å². The number of rotatable bonds is 5. The van der Waals surface area contributed by atoms with Gasteiger partial charge in [-0.25, -0.2) is 0 Å². The highest BCUT2D eigenvalue weighted by Crippen LogP contribution is 2.16. The Bertz CT molecular complexity index is 641. The van der Waals surface area contributed by atoms with Gasteiger partial charge in [0.15, 0.2) is 5.96 Å². The molecule has 0 saturated carbocycles.